The van der Waals surface area contributed by atoms with Crippen LogP contribution in [0.15, 0.2) is 71.3 Å². The fourth-order valence-corrected chi connectivity index (χ4v) is 5.80. The maximum absolute atomic E-state index is 13.5. The van der Waals surface area contributed by atoms with Crippen molar-refractivity contribution in [1.29, 1.82) is 0 Å². The SMILES string of the molecule is CN(C)C1CCC(C(=O)Nc2c(C(=O)Nc3ccc(Cl)cn3)oc3ccc(O[C@H]4CO[C@H](c5ccccc5)OC4)cc23)CC1. The first kappa shape index (κ1) is 30.1. The number of hydrogen-bond donors (Lipinski definition) is 2. The highest BCUT2D eigenvalue weighted by atomic mass is 35.5. The number of rotatable bonds is 8. The maximum Gasteiger partial charge on any atom is 0.294 e. The molecule has 0 unspecified atom stereocenters. The van der Waals surface area contributed by atoms with E-state index in [1.54, 1.807) is 30.3 Å². The predicted molar refractivity (Wildman–Crippen MR) is 167 cm³/mol. The van der Waals surface area contributed by atoms with Crippen LogP contribution in [0, 0.1) is 5.92 Å². The topological polar surface area (TPSA) is 115 Å². The Hall–Kier alpha value is -3.96. The lowest BCUT2D eigenvalue weighted by atomic mass is 9.85. The van der Waals surface area contributed by atoms with Crippen molar-refractivity contribution in [2.24, 2.45) is 5.92 Å². The van der Waals surface area contributed by atoms with Crippen LogP contribution in [0.1, 0.15) is 48.1 Å². The van der Waals surface area contributed by atoms with Crippen LogP contribution in [0.3, 0.4) is 0 Å². The number of furan rings is 1. The van der Waals surface area contributed by atoms with Crippen LogP contribution in [-0.4, -0.2) is 61.2 Å². The van der Waals surface area contributed by atoms with E-state index in [9.17, 15) is 9.59 Å². The molecule has 1 saturated heterocycles. The quantitative estimate of drug-likeness (QED) is 0.237. The predicted octanol–water partition coefficient (Wildman–Crippen LogP) is 6.29. The highest BCUT2D eigenvalue weighted by Crippen LogP contribution is 2.36. The number of pyridine rings is 1. The molecule has 1 saturated carbocycles. The van der Waals surface area contributed by atoms with Crippen LogP contribution < -0.4 is 15.4 Å². The van der Waals surface area contributed by atoms with Crippen molar-refractivity contribution in [1.82, 2.24) is 9.88 Å². The van der Waals surface area contributed by atoms with Gasteiger partial charge in [-0.05, 0) is 70.1 Å². The number of carbonyl (C=O) groups is 2. The van der Waals surface area contributed by atoms with Gasteiger partial charge in [0.25, 0.3) is 5.91 Å². The van der Waals surface area contributed by atoms with Gasteiger partial charge in [-0.25, -0.2) is 4.98 Å². The van der Waals surface area contributed by atoms with Crippen molar-refractivity contribution in [3.8, 4) is 5.75 Å². The van der Waals surface area contributed by atoms with E-state index < -0.39 is 12.2 Å². The highest BCUT2D eigenvalue weighted by Gasteiger charge is 2.31. The van der Waals surface area contributed by atoms with Crippen molar-refractivity contribution in [3.05, 3.63) is 83.2 Å². The van der Waals surface area contributed by atoms with Crippen molar-refractivity contribution < 1.29 is 28.2 Å². The van der Waals surface area contributed by atoms with Crippen molar-refractivity contribution in [2.75, 3.05) is 37.9 Å². The van der Waals surface area contributed by atoms with E-state index in [2.05, 4.69) is 34.6 Å². The first-order valence-electron chi connectivity index (χ1n) is 14.8. The van der Waals surface area contributed by atoms with Crippen LogP contribution in [-0.2, 0) is 14.3 Å². The van der Waals surface area contributed by atoms with Gasteiger partial charge < -0.3 is 34.2 Å². The number of nitrogens with zero attached hydrogens (tertiary/aromatic N) is 2. The Labute approximate surface area is 260 Å². The third-order valence-corrected chi connectivity index (χ3v) is 8.35. The van der Waals surface area contributed by atoms with Gasteiger partial charge in [0.15, 0.2) is 6.29 Å². The minimum atomic E-state index is -0.550. The molecule has 6 rings (SSSR count). The lowest BCUT2D eigenvalue weighted by Crippen LogP contribution is -2.35. The Morgan fingerprint density at radius 1 is 0.955 bits per heavy atom. The molecule has 2 aromatic carbocycles. The molecular weight excluding hydrogens is 584 g/mol. The summed E-state index contributed by atoms with van der Waals surface area (Å²) in [6.45, 7) is 0.675. The summed E-state index contributed by atoms with van der Waals surface area (Å²) in [4.78, 5) is 33.3. The standard InChI is InChI=1S/C33H35ClN4O6/c1-38(2)23-11-8-20(9-12-23)31(39)37-29-26-16-24(43-25-18-41-33(42-19-25)21-6-4-3-5-7-21)13-14-27(26)44-30(29)32(40)36-28-15-10-22(34)17-35-28/h3-7,10,13-17,20,23,25,33H,8-9,11-12,18-19H2,1-2H3,(H,37,39)(H,35,36,40)/t20?,23?,25-,33-. The molecule has 44 heavy (non-hydrogen) atoms. The molecule has 10 nitrogen and oxygen atoms in total. The van der Waals surface area contributed by atoms with Gasteiger partial charge in [-0.1, -0.05) is 41.9 Å². The molecule has 2 fully saturated rings. The zero-order valence-electron chi connectivity index (χ0n) is 24.6. The van der Waals surface area contributed by atoms with E-state index in [0.29, 0.717) is 46.8 Å². The van der Waals surface area contributed by atoms with Gasteiger partial charge >= 0.3 is 0 Å². The largest absolute Gasteiger partial charge is 0.486 e. The molecule has 2 aromatic heterocycles. The van der Waals surface area contributed by atoms with E-state index in [4.69, 9.17) is 30.2 Å². The number of hydrogen-bond acceptors (Lipinski definition) is 8. The summed E-state index contributed by atoms with van der Waals surface area (Å²) < 4.78 is 24.0. The molecule has 1 aliphatic carbocycles. The van der Waals surface area contributed by atoms with E-state index >= 15 is 0 Å². The Bertz CT molecular complexity index is 1590. The third kappa shape index (κ3) is 6.89. The second-order valence-corrected chi connectivity index (χ2v) is 11.8. The van der Waals surface area contributed by atoms with Gasteiger partial charge in [0.05, 0.1) is 18.2 Å². The average molecular weight is 619 g/mol. The molecule has 0 spiro atoms. The number of anilines is 2. The molecule has 1 aliphatic heterocycles. The van der Waals surface area contributed by atoms with Crippen LogP contribution >= 0.6 is 11.6 Å². The van der Waals surface area contributed by atoms with Crippen molar-refractivity contribution in [3.63, 3.8) is 0 Å². The van der Waals surface area contributed by atoms with Crippen LogP contribution in [0.25, 0.3) is 11.0 Å². The van der Waals surface area contributed by atoms with Crippen LogP contribution in [0.2, 0.25) is 5.02 Å². The number of benzene rings is 2. The first-order chi connectivity index (χ1) is 21.3. The first-order valence-corrected chi connectivity index (χ1v) is 15.1. The lowest BCUT2D eigenvalue weighted by Gasteiger charge is -2.31. The molecule has 0 atom stereocenters. The maximum atomic E-state index is 13.5. The minimum Gasteiger partial charge on any atom is -0.486 e. The number of ether oxygens (including phenoxy) is 3. The Kier molecular flexibility index (Phi) is 9.13. The molecule has 2 N–H and O–H groups in total. The summed E-state index contributed by atoms with van der Waals surface area (Å²) >= 11 is 5.95. The summed E-state index contributed by atoms with van der Waals surface area (Å²) in [5.74, 6) is -0.0592. The monoisotopic (exact) mass is 618 g/mol. The lowest BCUT2D eigenvalue weighted by molar-refractivity contribution is -0.215. The molecule has 0 bridgehead atoms. The van der Waals surface area contributed by atoms with Crippen molar-refractivity contribution >= 4 is 45.9 Å². The summed E-state index contributed by atoms with van der Waals surface area (Å²) in [5, 5.41) is 6.75. The Morgan fingerprint density at radius 3 is 2.39 bits per heavy atom. The average Bonchev–Trinajstić information content (AvgIpc) is 3.40. The number of nitrogens with one attached hydrogen (secondary N) is 2. The highest BCUT2D eigenvalue weighted by molar-refractivity contribution is 6.30. The Balaban J connectivity index is 1.22. The number of halogens is 1. The van der Waals surface area contributed by atoms with Gasteiger partial charge in [-0.3, -0.25) is 9.59 Å². The fourth-order valence-electron chi connectivity index (χ4n) is 5.69. The van der Waals surface area contributed by atoms with Gasteiger partial charge in [0, 0.05) is 29.1 Å². The molecule has 230 valence electrons. The molecule has 3 heterocycles. The summed E-state index contributed by atoms with van der Waals surface area (Å²) in [6, 6.07) is 18.6. The van der Waals surface area contributed by atoms with Crippen LogP contribution in [0.4, 0.5) is 11.5 Å². The van der Waals surface area contributed by atoms with Gasteiger partial charge in [0.1, 0.15) is 28.9 Å². The third-order valence-electron chi connectivity index (χ3n) is 8.12. The second-order valence-electron chi connectivity index (χ2n) is 11.4. The zero-order valence-corrected chi connectivity index (χ0v) is 25.4. The number of fused-ring (bicyclic) bond motifs is 1. The minimum absolute atomic E-state index is 0.0285. The van der Waals surface area contributed by atoms with Gasteiger partial charge in [0.2, 0.25) is 11.7 Å². The fraction of sp³-hybridized carbons (Fsp3) is 0.364. The van der Waals surface area contributed by atoms with E-state index in [1.165, 1.54) is 6.20 Å². The number of carbonyl (C=O) groups excluding carboxylic acids is 2. The number of amides is 2. The summed E-state index contributed by atoms with van der Waals surface area (Å²) in [7, 11) is 4.13. The smallest absolute Gasteiger partial charge is 0.294 e. The van der Waals surface area contributed by atoms with E-state index in [-0.39, 0.29) is 29.4 Å². The zero-order chi connectivity index (χ0) is 30.6. The van der Waals surface area contributed by atoms with Crippen LogP contribution in [0.5, 0.6) is 5.75 Å². The molecule has 2 aliphatic rings. The second kappa shape index (κ2) is 13.4. The van der Waals surface area contributed by atoms with Gasteiger partial charge in [-0.15, -0.1) is 0 Å². The molecule has 0 radical (unpaired) electrons. The van der Waals surface area contributed by atoms with Crippen molar-refractivity contribution in [2.45, 2.75) is 44.1 Å². The summed E-state index contributed by atoms with van der Waals surface area (Å²) in [6.07, 6.45) is 4.04. The normalized spacial score (nSPS) is 22.1. The summed E-state index contributed by atoms with van der Waals surface area (Å²) in [5.41, 5.74) is 1.66. The van der Waals surface area contributed by atoms with Gasteiger partial charge in [-0.2, -0.15) is 0 Å². The molecule has 2 amide bonds. The molecule has 11 heteroatoms. The van der Waals surface area contributed by atoms with E-state index in [1.807, 2.05) is 30.3 Å². The number of aromatic nitrogens is 1. The molecule has 4 aromatic rings. The Morgan fingerprint density at radius 2 is 1.70 bits per heavy atom. The van der Waals surface area contributed by atoms with E-state index in [0.717, 1.165) is 31.2 Å². The molecular formula is C33H35ClN4O6.